The van der Waals surface area contributed by atoms with Crippen molar-refractivity contribution in [3.8, 4) is 0 Å². The van der Waals surface area contributed by atoms with Crippen LogP contribution in [0.4, 0.5) is 5.69 Å². The highest BCUT2D eigenvalue weighted by atomic mass is 79.9. The lowest BCUT2D eigenvalue weighted by molar-refractivity contribution is 0.852. The van der Waals surface area contributed by atoms with Gasteiger partial charge in [-0.25, -0.2) is 0 Å². The Bertz CT molecular complexity index is 578. The molecule has 0 radical (unpaired) electrons. The molecular weight excluding hydrogens is 334 g/mol. The van der Waals surface area contributed by atoms with Crippen LogP contribution in [-0.4, -0.2) is 0 Å². The molecule has 0 bridgehead atoms. The summed E-state index contributed by atoms with van der Waals surface area (Å²) in [5.41, 5.74) is 3.56. The van der Waals surface area contributed by atoms with Gasteiger partial charge in [-0.1, -0.05) is 65.6 Å². The van der Waals surface area contributed by atoms with Gasteiger partial charge in [0.05, 0.1) is 10.7 Å². The van der Waals surface area contributed by atoms with Gasteiger partial charge in [0.1, 0.15) is 0 Å². The van der Waals surface area contributed by atoms with E-state index in [0.717, 1.165) is 15.2 Å². The highest BCUT2D eigenvalue weighted by Crippen LogP contribution is 2.29. The number of nitrogens with one attached hydrogen (secondary N) is 1. The van der Waals surface area contributed by atoms with Gasteiger partial charge in [-0.3, -0.25) is 0 Å². The molecule has 0 fully saturated rings. The summed E-state index contributed by atoms with van der Waals surface area (Å²) in [5, 5.41) is 4.19. The van der Waals surface area contributed by atoms with Gasteiger partial charge in [0.2, 0.25) is 0 Å². The minimum atomic E-state index is 0.211. The molecule has 0 aromatic heterocycles. The average Bonchev–Trinajstić information content (AvgIpc) is 2.43. The Hall–Kier alpha value is -0.990. The van der Waals surface area contributed by atoms with Crippen LogP contribution in [0.5, 0.6) is 0 Å². The lowest BCUT2D eigenvalue weighted by Crippen LogP contribution is -2.07. The van der Waals surface area contributed by atoms with Gasteiger partial charge in [-0.05, 0) is 42.2 Å². The molecule has 3 heteroatoms. The molecule has 0 saturated carbocycles. The number of hydrogen-bond donors (Lipinski definition) is 1. The Labute approximate surface area is 134 Å². The van der Waals surface area contributed by atoms with Crippen LogP contribution in [0.3, 0.4) is 0 Å². The smallest absolute Gasteiger partial charge is 0.0638 e. The zero-order chi connectivity index (χ0) is 14.7. The molecule has 0 spiro atoms. The number of benzene rings is 2. The number of halogens is 2. The maximum atomic E-state index is 6.21. The van der Waals surface area contributed by atoms with E-state index in [1.54, 1.807) is 0 Å². The molecule has 2 rings (SSSR count). The van der Waals surface area contributed by atoms with E-state index in [0.29, 0.717) is 5.92 Å². The molecule has 0 aliphatic heterocycles. The highest BCUT2D eigenvalue weighted by Gasteiger charge is 2.09. The second-order valence-corrected chi connectivity index (χ2v) is 6.63. The zero-order valence-corrected chi connectivity index (χ0v) is 14.3. The van der Waals surface area contributed by atoms with Gasteiger partial charge in [-0.15, -0.1) is 0 Å². The monoisotopic (exact) mass is 351 g/mol. The standard InChI is InChI=1S/C17H19BrClN/c1-11(2)13-4-6-14(7-5-13)12(3)20-17-10-15(18)8-9-16(17)19/h4-12,20H,1-3H3. The van der Waals surface area contributed by atoms with Gasteiger partial charge >= 0.3 is 0 Å². The zero-order valence-electron chi connectivity index (χ0n) is 12.0. The SMILES string of the molecule is CC(C)c1ccc(C(C)Nc2cc(Br)ccc2Cl)cc1. The molecule has 0 aliphatic rings. The van der Waals surface area contributed by atoms with E-state index in [2.05, 4.69) is 66.3 Å². The average molecular weight is 353 g/mol. The van der Waals surface area contributed by atoms with Crippen molar-refractivity contribution in [1.82, 2.24) is 0 Å². The fraction of sp³-hybridized carbons (Fsp3) is 0.294. The molecule has 1 N–H and O–H groups in total. The third kappa shape index (κ3) is 3.77. The van der Waals surface area contributed by atoms with Crippen molar-refractivity contribution in [1.29, 1.82) is 0 Å². The first kappa shape index (κ1) is 15.4. The second-order valence-electron chi connectivity index (χ2n) is 5.31. The Morgan fingerprint density at radius 2 is 1.55 bits per heavy atom. The molecule has 1 nitrogen and oxygen atoms in total. The van der Waals surface area contributed by atoms with E-state index in [-0.39, 0.29) is 6.04 Å². The first-order valence-electron chi connectivity index (χ1n) is 6.79. The van der Waals surface area contributed by atoms with E-state index in [4.69, 9.17) is 11.6 Å². The van der Waals surface area contributed by atoms with Crippen LogP contribution in [0.15, 0.2) is 46.9 Å². The molecule has 0 amide bonds. The van der Waals surface area contributed by atoms with Gasteiger partial charge in [0.15, 0.2) is 0 Å². The Balaban J connectivity index is 2.15. The summed E-state index contributed by atoms with van der Waals surface area (Å²) in [7, 11) is 0. The van der Waals surface area contributed by atoms with Crippen LogP contribution < -0.4 is 5.32 Å². The van der Waals surface area contributed by atoms with Crippen LogP contribution in [-0.2, 0) is 0 Å². The number of anilines is 1. The molecule has 20 heavy (non-hydrogen) atoms. The van der Waals surface area contributed by atoms with Crippen LogP contribution in [0.2, 0.25) is 5.02 Å². The largest absolute Gasteiger partial charge is 0.377 e. The Morgan fingerprint density at radius 3 is 2.15 bits per heavy atom. The van der Waals surface area contributed by atoms with Crippen molar-refractivity contribution >= 4 is 33.2 Å². The normalized spacial score (nSPS) is 12.5. The Kier molecular flexibility index (Phi) is 5.11. The first-order chi connectivity index (χ1) is 9.47. The van der Waals surface area contributed by atoms with Crippen LogP contribution >= 0.6 is 27.5 Å². The molecule has 1 unspecified atom stereocenters. The molecule has 0 saturated heterocycles. The van der Waals surface area contributed by atoms with Gasteiger partial charge in [-0.2, -0.15) is 0 Å². The summed E-state index contributed by atoms with van der Waals surface area (Å²) in [4.78, 5) is 0. The molecule has 2 aromatic rings. The molecule has 2 aromatic carbocycles. The summed E-state index contributed by atoms with van der Waals surface area (Å²) in [6, 6.07) is 14.8. The summed E-state index contributed by atoms with van der Waals surface area (Å²) in [6.45, 7) is 6.55. The summed E-state index contributed by atoms with van der Waals surface area (Å²) in [5.74, 6) is 0.562. The van der Waals surface area contributed by atoms with Gasteiger partial charge in [0, 0.05) is 10.5 Å². The predicted octanol–water partition coefficient (Wildman–Crippen LogP) is 6.40. The highest BCUT2D eigenvalue weighted by molar-refractivity contribution is 9.10. The molecule has 0 aliphatic carbocycles. The van der Waals surface area contributed by atoms with E-state index in [9.17, 15) is 0 Å². The topological polar surface area (TPSA) is 12.0 Å². The first-order valence-corrected chi connectivity index (χ1v) is 7.96. The Morgan fingerprint density at radius 1 is 0.950 bits per heavy atom. The maximum absolute atomic E-state index is 6.21. The van der Waals surface area contributed by atoms with E-state index in [1.807, 2.05) is 18.2 Å². The van der Waals surface area contributed by atoms with Crippen molar-refractivity contribution < 1.29 is 0 Å². The van der Waals surface area contributed by atoms with Crippen LogP contribution in [0.25, 0.3) is 0 Å². The summed E-state index contributed by atoms with van der Waals surface area (Å²) >= 11 is 9.68. The van der Waals surface area contributed by atoms with Crippen molar-refractivity contribution in [3.63, 3.8) is 0 Å². The minimum absolute atomic E-state index is 0.211. The fourth-order valence-corrected chi connectivity index (χ4v) is 2.63. The lowest BCUT2D eigenvalue weighted by Gasteiger charge is -2.18. The van der Waals surface area contributed by atoms with Crippen molar-refractivity contribution in [2.75, 3.05) is 5.32 Å². The summed E-state index contributed by atoms with van der Waals surface area (Å²) < 4.78 is 1.02. The van der Waals surface area contributed by atoms with Crippen LogP contribution in [0, 0.1) is 0 Å². The molecule has 0 heterocycles. The van der Waals surface area contributed by atoms with E-state index < -0.39 is 0 Å². The van der Waals surface area contributed by atoms with Gasteiger partial charge in [0.25, 0.3) is 0 Å². The third-order valence-corrected chi connectivity index (χ3v) is 4.23. The number of rotatable bonds is 4. The quantitative estimate of drug-likeness (QED) is 0.671. The van der Waals surface area contributed by atoms with Crippen molar-refractivity contribution in [2.24, 2.45) is 0 Å². The van der Waals surface area contributed by atoms with E-state index >= 15 is 0 Å². The van der Waals surface area contributed by atoms with Crippen LogP contribution in [0.1, 0.15) is 43.9 Å². The predicted molar refractivity (Wildman–Crippen MR) is 91.7 cm³/mol. The second kappa shape index (κ2) is 6.64. The maximum Gasteiger partial charge on any atom is 0.0638 e. The van der Waals surface area contributed by atoms with Crippen molar-refractivity contribution in [3.05, 3.63) is 63.1 Å². The minimum Gasteiger partial charge on any atom is -0.377 e. The summed E-state index contributed by atoms with van der Waals surface area (Å²) in [6.07, 6.45) is 0. The fourth-order valence-electron chi connectivity index (χ4n) is 2.09. The third-order valence-electron chi connectivity index (χ3n) is 3.40. The molecular formula is C17H19BrClN. The van der Waals surface area contributed by atoms with Crippen molar-refractivity contribution in [2.45, 2.75) is 32.7 Å². The van der Waals surface area contributed by atoms with Gasteiger partial charge < -0.3 is 5.32 Å². The lowest BCUT2D eigenvalue weighted by atomic mass is 9.99. The van der Waals surface area contributed by atoms with E-state index in [1.165, 1.54) is 11.1 Å². The molecule has 106 valence electrons. The molecule has 1 atom stereocenters. The number of hydrogen-bond acceptors (Lipinski definition) is 1.